The molecule has 0 N–H and O–H groups in total. The molecule has 2 aromatic heterocycles. The van der Waals surface area contributed by atoms with Gasteiger partial charge in [-0.05, 0) is 50.2 Å². The molecule has 4 aromatic rings. The number of para-hydroxylation sites is 1. The molecule has 0 radical (unpaired) electrons. The maximum absolute atomic E-state index is 14.0. The van der Waals surface area contributed by atoms with E-state index in [-0.39, 0.29) is 46.8 Å². The number of piperazine rings is 1. The van der Waals surface area contributed by atoms with Crippen LogP contribution >= 0.6 is 0 Å². The van der Waals surface area contributed by atoms with Gasteiger partial charge in [0.2, 0.25) is 11.2 Å². The van der Waals surface area contributed by atoms with Crippen LogP contribution in [0.5, 0.6) is 17.2 Å². The van der Waals surface area contributed by atoms with Crippen LogP contribution in [0.25, 0.3) is 11.0 Å². The lowest BCUT2D eigenvalue weighted by atomic mass is 10.1. The molecule has 0 saturated carbocycles. The molecule has 9 nitrogen and oxygen atoms in total. The van der Waals surface area contributed by atoms with Crippen molar-refractivity contribution >= 4 is 22.8 Å². The Morgan fingerprint density at radius 2 is 1.68 bits per heavy atom. The zero-order valence-electron chi connectivity index (χ0n) is 20.9. The fourth-order valence-corrected chi connectivity index (χ4v) is 4.32. The van der Waals surface area contributed by atoms with E-state index in [2.05, 4.69) is 0 Å². The third-order valence-corrected chi connectivity index (χ3v) is 6.43. The van der Waals surface area contributed by atoms with E-state index in [4.69, 9.17) is 18.3 Å². The minimum atomic E-state index is -0.596. The highest BCUT2D eigenvalue weighted by Gasteiger charge is 2.26. The maximum Gasteiger partial charge on any atom is 0.289 e. The van der Waals surface area contributed by atoms with Crippen molar-refractivity contribution in [3.8, 4) is 17.2 Å². The Hall–Kier alpha value is -4.60. The molecule has 0 atom stereocenters. The number of hydrogen-bond acceptors (Lipinski definition) is 7. The second-order valence-electron chi connectivity index (χ2n) is 8.85. The molecule has 0 aliphatic carbocycles. The monoisotopic (exact) mass is 520 g/mol. The first-order valence-electron chi connectivity index (χ1n) is 12.1. The van der Waals surface area contributed by atoms with E-state index in [1.165, 1.54) is 30.5 Å². The van der Waals surface area contributed by atoms with E-state index in [1.807, 2.05) is 0 Å². The number of carbonyl (C=O) groups is 2. The molecule has 10 heteroatoms. The molecule has 1 aliphatic heterocycles. The number of fused-ring (bicyclic) bond motifs is 1. The van der Waals surface area contributed by atoms with Gasteiger partial charge in [-0.15, -0.1) is 0 Å². The summed E-state index contributed by atoms with van der Waals surface area (Å²) in [6.45, 7) is 4.61. The first-order chi connectivity index (χ1) is 18.3. The molecule has 1 fully saturated rings. The average molecular weight is 521 g/mol. The molecule has 1 aliphatic rings. The van der Waals surface area contributed by atoms with Gasteiger partial charge in [-0.3, -0.25) is 14.4 Å². The minimum absolute atomic E-state index is 0.0800. The minimum Gasteiger partial charge on any atom is -0.483 e. The van der Waals surface area contributed by atoms with Crippen molar-refractivity contribution in [1.82, 2.24) is 9.80 Å². The van der Waals surface area contributed by atoms with E-state index in [9.17, 15) is 18.8 Å². The van der Waals surface area contributed by atoms with Crippen molar-refractivity contribution in [2.45, 2.75) is 13.8 Å². The normalized spacial score (nSPS) is 13.6. The molecule has 196 valence electrons. The Kier molecular flexibility index (Phi) is 6.87. The van der Waals surface area contributed by atoms with E-state index in [0.29, 0.717) is 43.1 Å². The van der Waals surface area contributed by atoms with Crippen LogP contribution in [0.15, 0.2) is 68.4 Å². The van der Waals surface area contributed by atoms with Crippen molar-refractivity contribution in [2.75, 3.05) is 32.8 Å². The van der Waals surface area contributed by atoms with Crippen LogP contribution in [0.3, 0.4) is 0 Å². The molecule has 1 saturated heterocycles. The molecule has 0 unspecified atom stereocenters. The predicted molar refractivity (Wildman–Crippen MR) is 135 cm³/mol. The summed E-state index contributed by atoms with van der Waals surface area (Å²) in [5.74, 6) is -0.356. The highest BCUT2D eigenvalue weighted by atomic mass is 19.1. The van der Waals surface area contributed by atoms with Crippen molar-refractivity contribution in [3.05, 3.63) is 87.9 Å². The van der Waals surface area contributed by atoms with Gasteiger partial charge in [0.05, 0.1) is 11.6 Å². The van der Waals surface area contributed by atoms with Crippen LogP contribution in [-0.4, -0.2) is 54.4 Å². The van der Waals surface area contributed by atoms with Crippen LogP contribution in [0.2, 0.25) is 0 Å². The molecule has 38 heavy (non-hydrogen) atoms. The van der Waals surface area contributed by atoms with E-state index < -0.39 is 11.2 Å². The van der Waals surface area contributed by atoms with Crippen LogP contribution in [-0.2, 0) is 4.79 Å². The van der Waals surface area contributed by atoms with Gasteiger partial charge in [0, 0.05) is 31.7 Å². The van der Waals surface area contributed by atoms with Crippen molar-refractivity contribution < 1.29 is 32.3 Å². The quantitative estimate of drug-likeness (QED) is 0.374. The number of carbonyl (C=O) groups excluding carboxylic acids is 2. The number of benzene rings is 2. The van der Waals surface area contributed by atoms with Crippen molar-refractivity contribution in [2.24, 2.45) is 0 Å². The molecular formula is C28H25FN2O7. The topological polar surface area (TPSA) is 102 Å². The molecule has 2 aromatic carbocycles. The lowest BCUT2D eigenvalue weighted by Gasteiger charge is -2.34. The van der Waals surface area contributed by atoms with Gasteiger partial charge in [0.1, 0.15) is 17.1 Å². The second kappa shape index (κ2) is 10.4. The summed E-state index contributed by atoms with van der Waals surface area (Å²) >= 11 is 0. The average Bonchev–Trinajstić information content (AvgIpc) is 3.47. The summed E-state index contributed by atoms with van der Waals surface area (Å²) in [5.41, 5.74) is 0.393. The lowest BCUT2D eigenvalue weighted by Crippen LogP contribution is -2.51. The van der Waals surface area contributed by atoms with Gasteiger partial charge in [0.25, 0.3) is 11.8 Å². The number of furan rings is 1. The Morgan fingerprint density at radius 1 is 0.947 bits per heavy atom. The summed E-state index contributed by atoms with van der Waals surface area (Å²) in [5, 5.41) is 0.246. The number of nitrogens with zero attached hydrogens (tertiary/aromatic N) is 2. The van der Waals surface area contributed by atoms with Crippen molar-refractivity contribution in [1.29, 1.82) is 0 Å². The molecule has 0 bridgehead atoms. The Morgan fingerprint density at radius 3 is 2.39 bits per heavy atom. The Balaban J connectivity index is 1.26. The highest BCUT2D eigenvalue weighted by molar-refractivity contribution is 5.91. The van der Waals surface area contributed by atoms with Gasteiger partial charge in [-0.2, -0.15) is 0 Å². The highest BCUT2D eigenvalue weighted by Crippen LogP contribution is 2.31. The molecule has 0 spiro atoms. The molecular weight excluding hydrogens is 495 g/mol. The zero-order valence-corrected chi connectivity index (χ0v) is 20.9. The summed E-state index contributed by atoms with van der Waals surface area (Å²) in [6, 6.07) is 12.2. The molecule has 2 amide bonds. The number of amides is 2. The van der Waals surface area contributed by atoms with Crippen LogP contribution in [0, 0.1) is 19.7 Å². The van der Waals surface area contributed by atoms with Gasteiger partial charge in [-0.25, -0.2) is 4.39 Å². The zero-order chi connectivity index (χ0) is 26.8. The van der Waals surface area contributed by atoms with Gasteiger partial charge >= 0.3 is 0 Å². The summed E-state index contributed by atoms with van der Waals surface area (Å²) in [6.07, 6.45) is 1.45. The Labute approximate surface area is 217 Å². The van der Waals surface area contributed by atoms with Gasteiger partial charge in [0.15, 0.2) is 23.9 Å². The Bertz CT molecular complexity index is 1550. The largest absolute Gasteiger partial charge is 0.483 e. The van der Waals surface area contributed by atoms with E-state index in [1.54, 1.807) is 47.9 Å². The number of aryl methyl sites for hydroxylation is 2. The number of rotatable bonds is 6. The third-order valence-electron chi connectivity index (χ3n) is 6.43. The third kappa shape index (κ3) is 4.84. The number of halogens is 1. The van der Waals surface area contributed by atoms with E-state index >= 15 is 0 Å². The molecule has 5 rings (SSSR count). The number of ether oxygens (including phenoxy) is 2. The first-order valence-corrected chi connectivity index (χ1v) is 12.1. The van der Waals surface area contributed by atoms with Gasteiger partial charge < -0.3 is 28.1 Å². The summed E-state index contributed by atoms with van der Waals surface area (Å²) in [7, 11) is 0. The lowest BCUT2D eigenvalue weighted by molar-refractivity contribution is -0.134. The number of hydrogen-bond donors (Lipinski definition) is 0. The van der Waals surface area contributed by atoms with Gasteiger partial charge in [-0.1, -0.05) is 12.1 Å². The van der Waals surface area contributed by atoms with Crippen LogP contribution in [0.1, 0.15) is 21.9 Å². The first kappa shape index (κ1) is 25.1. The fraction of sp³-hybridized carbons (Fsp3) is 0.250. The standard InChI is InChI=1S/C28H25FN2O7/c1-17-21(36-16-24(32)30-11-13-31(14-12-30)28(34)23-8-5-15-35-23)10-9-19-25(33)27(18(2)37-26(17)19)38-22-7-4-3-6-20(22)29/h3-10,15H,11-14,16H2,1-2H3. The summed E-state index contributed by atoms with van der Waals surface area (Å²) in [4.78, 5) is 41.6. The maximum atomic E-state index is 14.0. The van der Waals surface area contributed by atoms with Crippen LogP contribution in [0.4, 0.5) is 4.39 Å². The smallest absolute Gasteiger partial charge is 0.289 e. The summed E-state index contributed by atoms with van der Waals surface area (Å²) < 4.78 is 36.4. The second-order valence-corrected chi connectivity index (χ2v) is 8.85. The fourth-order valence-electron chi connectivity index (χ4n) is 4.32. The van der Waals surface area contributed by atoms with Crippen molar-refractivity contribution in [3.63, 3.8) is 0 Å². The SMILES string of the molecule is Cc1oc2c(C)c(OCC(=O)N3CCN(C(=O)c4ccco4)CC3)ccc2c(=O)c1Oc1ccccc1F. The van der Waals surface area contributed by atoms with Crippen LogP contribution < -0.4 is 14.9 Å². The van der Waals surface area contributed by atoms with E-state index in [0.717, 1.165) is 0 Å². The molecule has 3 heterocycles. The predicted octanol–water partition coefficient (Wildman–Crippen LogP) is 4.30.